The normalized spacial score (nSPS) is 15.3. The standard InChI is InChI=1S/C18H19Cl2N5O.ClH/c1-10-13(9-16-22-17(24-26-16)18(21)6-3-7-18)11(2)25(23-10)12-4-5-14(19)15(20)8-12;/h4-5,8H,3,6-7,9,21H2,1-2H3;1H. The van der Waals surface area contributed by atoms with E-state index in [1.54, 1.807) is 12.1 Å². The molecule has 1 aromatic carbocycles. The monoisotopic (exact) mass is 427 g/mol. The summed E-state index contributed by atoms with van der Waals surface area (Å²) in [5, 5.41) is 9.72. The average molecular weight is 429 g/mol. The highest BCUT2D eigenvalue weighted by atomic mass is 35.5. The fraction of sp³-hybridized carbons (Fsp3) is 0.389. The van der Waals surface area contributed by atoms with E-state index in [0.29, 0.717) is 28.2 Å². The Bertz CT molecular complexity index is 978. The van der Waals surface area contributed by atoms with Gasteiger partial charge in [-0.25, -0.2) is 4.68 Å². The van der Waals surface area contributed by atoms with Gasteiger partial charge in [-0.1, -0.05) is 28.4 Å². The predicted molar refractivity (Wildman–Crippen MR) is 107 cm³/mol. The zero-order valence-electron chi connectivity index (χ0n) is 15.0. The van der Waals surface area contributed by atoms with Crippen molar-refractivity contribution in [2.75, 3.05) is 0 Å². The lowest BCUT2D eigenvalue weighted by Gasteiger charge is -2.34. The summed E-state index contributed by atoms with van der Waals surface area (Å²) >= 11 is 12.1. The smallest absolute Gasteiger partial charge is 0.231 e. The predicted octanol–water partition coefficient (Wildman–Crippen LogP) is 4.53. The molecule has 1 saturated carbocycles. The Morgan fingerprint density at radius 1 is 1.22 bits per heavy atom. The van der Waals surface area contributed by atoms with Crippen molar-refractivity contribution in [3.05, 3.63) is 56.9 Å². The summed E-state index contributed by atoms with van der Waals surface area (Å²) in [6.45, 7) is 3.97. The van der Waals surface area contributed by atoms with Gasteiger partial charge in [0.25, 0.3) is 0 Å². The van der Waals surface area contributed by atoms with Gasteiger partial charge >= 0.3 is 0 Å². The van der Waals surface area contributed by atoms with Crippen LogP contribution in [0.2, 0.25) is 10.0 Å². The SMILES string of the molecule is Cc1nn(-c2ccc(Cl)c(Cl)c2)c(C)c1Cc1nc(C2(N)CCC2)no1.Cl. The molecule has 2 heterocycles. The number of rotatable bonds is 4. The van der Waals surface area contributed by atoms with Crippen LogP contribution >= 0.6 is 35.6 Å². The molecule has 0 atom stereocenters. The Morgan fingerprint density at radius 2 is 1.96 bits per heavy atom. The van der Waals surface area contributed by atoms with Crippen LogP contribution in [-0.4, -0.2) is 19.9 Å². The highest BCUT2D eigenvalue weighted by Crippen LogP contribution is 2.37. The lowest BCUT2D eigenvalue weighted by atomic mass is 9.77. The van der Waals surface area contributed by atoms with Crippen LogP contribution in [0, 0.1) is 13.8 Å². The van der Waals surface area contributed by atoms with Crippen LogP contribution in [0.1, 0.15) is 47.9 Å². The molecule has 2 aromatic heterocycles. The van der Waals surface area contributed by atoms with Crippen molar-refractivity contribution >= 4 is 35.6 Å². The van der Waals surface area contributed by atoms with Gasteiger partial charge in [-0.2, -0.15) is 10.1 Å². The molecule has 144 valence electrons. The Hall–Kier alpha value is -1.60. The van der Waals surface area contributed by atoms with Gasteiger partial charge in [0.2, 0.25) is 5.89 Å². The molecular formula is C18H20Cl3N5O. The maximum Gasteiger partial charge on any atom is 0.231 e. The average Bonchev–Trinajstić information content (AvgIpc) is 3.16. The zero-order chi connectivity index (χ0) is 18.5. The molecule has 6 nitrogen and oxygen atoms in total. The lowest BCUT2D eigenvalue weighted by molar-refractivity contribution is 0.229. The van der Waals surface area contributed by atoms with Crippen LogP contribution in [0.3, 0.4) is 0 Å². The molecule has 0 unspecified atom stereocenters. The van der Waals surface area contributed by atoms with Crippen molar-refractivity contribution in [1.82, 2.24) is 19.9 Å². The van der Waals surface area contributed by atoms with Crippen LogP contribution in [0.15, 0.2) is 22.7 Å². The zero-order valence-corrected chi connectivity index (χ0v) is 17.3. The van der Waals surface area contributed by atoms with E-state index in [4.69, 9.17) is 33.5 Å². The van der Waals surface area contributed by atoms with Crippen LogP contribution < -0.4 is 5.73 Å². The van der Waals surface area contributed by atoms with Crippen LogP contribution in [0.4, 0.5) is 0 Å². The third kappa shape index (κ3) is 3.59. The molecule has 0 saturated heterocycles. The number of nitrogens with zero attached hydrogens (tertiary/aromatic N) is 4. The maximum absolute atomic E-state index is 6.27. The number of benzene rings is 1. The highest BCUT2D eigenvalue weighted by molar-refractivity contribution is 6.42. The van der Waals surface area contributed by atoms with Crippen molar-refractivity contribution in [2.24, 2.45) is 5.73 Å². The van der Waals surface area contributed by atoms with Gasteiger partial charge in [0.05, 0.1) is 33.4 Å². The summed E-state index contributed by atoms with van der Waals surface area (Å²) < 4.78 is 7.28. The third-order valence-corrected chi connectivity index (χ3v) is 5.82. The summed E-state index contributed by atoms with van der Waals surface area (Å²) in [6, 6.07) is 5.45. The van der Waals surface area contributed by atoms with Crippen molar-refractivity contribution < 1.29 is 4.52 Å². The molecule has 0 amide bonds. The van der Waals surface area contributed by atoms with E-state index >= 15 is 0 Å². The molecule has 0 spiro atoms. The number of hydrogen-bond donors (Lipinski definition) is 1. The molecule has 4 rings (SSSR count). The van der Waals surface area contributed by atoms with Gasteiger partial charge in [0, 0.05) is 11.3 Å². The third-order valence-electron chi connectivity index (χ3n) is 5.08. The first kappa shape index (κ1) is 20.1. The molecular weight excluding hydrogens is 409 g/mol. The van der Waals surface area contributed by atoms with Gasteiger partial charge in [0.15, 0.2) is 5.82 Å². The van der Waals surface area contributed by atoms with E-state index in [-0.39, 0.29) is 12.4 Å². The summed E-state index contributed by atoms with van der Waals surface area (Å²) in [6.07, 6.45) is 3.43. The second kappa shape index (κ2) is 7.43. The highest BCUT2D eigenvalue weighted by Gasteiger charge is 2.39. The topological polar surface area (TPSA) is 82.8 Å². The second-order valence-electron chi connectivity index (χ2n) is 6.86. The lowest BCUT2D eigenvalue weighted by Crippen LogP contribution is -2.44. The van der Waals surface area contributed by atoms with E-state index in [1.165, 1.54) is 0 Å². The van der Waals surface area contributed by atoms with Crippen molar-refractivity contribution in [3.8, 4) is 5.69 Å². The number of aryl methyl sites for hydroxylation is 1. The minimum absolute atomic E-state index is 0. The number of nitrogens with two attached hydrogens (primary N) is 1. The molecule has 0 radical (unpaired) electrons. The second-order valence-corrected chi connectivity index (χ2v) is 7.67. The van der Waals surface area contributed by atoms with E-state index < -0.39 is 5.54 Å². The number of aromatic nitrogens is 4. The Kier molecular flexibility index (Phi) is 5.54. The van der Waals surface area contributed by atoms with Crippen molar-refractivity contribution in [3.63, 3.8) is 0 Å². The van der Waals surface area contributed by atoms with Crippen molar-refractivity contribution in [2.45, 2.75) is 45.1 Å². The quantitative estimate of drug-likeness (QED) is 0.660. The largest absolute Gasteiger partial charge is 0.339 e. The van der Waals surface area contributed by atoms with Gasteiger partial charge in [-0.15, -0.1) is 12.4 Å². The molecule has 27 heavy (non-hydrogen) atoms. The van der Waals surface area contributed by atoms with E-state index in [2.05, 4.69) is 15.2 Å². The molecule has 2 N–H and O–H groups in total. The summed E-state index contributed by atoms with van der Waals surface area (Å²) in [5.74, 6) is 1.16. The molecule has 0 bridgehead atoms. The van der Waals surface area contributed by atoms with Gasteiger partial charge < -0.3 is 10.3 Å². The van der Waals surface area contributed by atoms with Crippen LogP contribution in [-0.2, 0) is 12.0 Å². The first-order valence-corrected chi connectivity index (χ1v) is 9.25. The Balaban J connectivity index is 0.00000210. The van der Waals surface area contributed by atoms with Crippen molar-refractivity contribution in [1.29, 1.82) is 0 Å². The van der Waals surface area contributed by atoms with Crippen LogP contribution in [0.25, 0.3) is 5.69 Å². The first-order chi connectivity index (χ1) is 12.4. The van der Waals surface area contributed by atoms with Gasteiger partial charge in [-0.05, 0) is 51.3 Å². The summed E-state index contributed by atoms with van der Waals surface area (Å²) in [5.41, 5.74) is 9.65. The molecule has 1 fully saturated rings. The minimum Gasteiger partial charge on any atom is -0.339 e. The minimum atomic E-state index is -0.421. The maximum atomic E-state index is 6.27. The molecule has 1 aliphatic rings. The van der Waals surface area contributed by atoms with E-state index in [0.717, 1.165) is 41.9 Å². The van der Waals surface area contributed by atoms with E-state index in [9.17, 15) is 0 Å². The van der Waals surface area contributed by atoms with Gasteiger partial charge in [-0.3, -0.25) is 0 Å². The summed E-state index contributed by atoms with van der Waals surface area (Å²) in [4.78, 5) is 4.51. The Labute approximate surface area is 173 Å². The van der Waals surface area contributed by atoms with Crippen LogP contribution in [0.5, 0.6) is 0 Å². The molecule has 0 aliphatic heterocycles. The first-order valence-electron chi connectivity index (χ1n) is 8.50. The number of halogens is 3. The number of hydrogen-bond acceptors (Lipinski definition) is 5. The molecule has 3 aromatic rings. The van der Waals surface area contributed by atoms with E-state index in [1.807, 2.05) is 24.6 Å². The fourth-order valence-corrected chi connectivity index (χ4v) is 3.55. The fourth-order valence-electron chi connectivity index (χ4n) is 3.26. The van der Waals surface area contributed by atoms with Gasteiger partial charge in [0.1, 0.15) is 0 Å². The summed E-state index contributed by atoms with van der Waals surface area (Å²) in [7, 11) is 0. The molecule has 1 aliphatic carbocycles. The molecule has 9 heteroatoms. The Morgan fingerprint density at radius 3 is 2.59 bits per heavy atom.